The van der Waals surface area contributed by atoms with Crippen molar-refractivity contribution in [1.82, 2.24) is 14.9 Å². The van der Waals surface area contributed by atoms with E-state index in [4.69, 9.17) is 0 Å². The third-order valence-electron chi connectivity index (χ3n) is 4.19. The molecule has 3 heterocycles. The number of aliphatic hydroxyl groups is 1. The number of β-amino-alcohol motifs (C(OH)–C–C–N with tert-alkyl or cyclic N) is 1. The largest absolute Gasteiger partial charge is 0.389 e. The number of thiazole rings is 1. The number of anilines is 1. The van der Waals surface area contributed by atoms with Gasteiger partial charge in [-0.2, -0.15) is 0 Å². The molecule has 3 aromatic rings. The van der Waals surface area contributed by atoms with Crippen molar-refractivity contribution in [3.05, 3.63) is 48.3 Å². The second kappa shape index (κ2) is 6.26. The Kier molecular flexibility index (Phi) is 3.95. The number of nitrogens with zero attached hydrogens (tertiary/aromatic N) is 3. The lowest BCUT2D eigenvalue weighted by Crippen LogP contribution is -2.37. The molecule has 1 aliphatic rings. The summed E-state index contributed by atoms with van der Waals surface area (Å²) in [5.74, 6) is -0.0542. The zero-order valence-corrected chi connectivity index (χ0v) is 13.9. The topological polar surface area (TPSA) is 72.5 Å². The first-order valence-corrected chi connectivity index (χ1v) is 8.73. The van der Waals surface area contributed by atoms with Crippen LogP contribution in [0.25, 0.3) is 10.2 Å². The van der Waals surface area contributed by atoms with E-state index in [1.54, 1.807) is 34.7 Å². The lowest BCUT2D eigenvalue weighted by molar-refractivity contribution is 0.0674. The number of nitrogens with one attached hydrogen (secondary N) is 1. The number of carbonyl (C=O) groups excluding carboxylic acids is 1. The van der Waals surface area contributed by atoms with E-state index in [0.717, 1.165) is 15.3 Å². The molecule has 2 aromatic heterocycles. The molecule has 0 aliphatic carbocycles. The highest BCUT2D eigenvalue weighted by Crippen LogP contribution is 2.29. The zero-order chi connectivity index (χ0) is 16.5. The SMILES string of the molecule is O=C(c1cc[nH]c1)N1CCN(c2nc3ccccc3s2)CC(O)C1. The molecule has 0 radical (unpaired) electrons. The summed E-state index contributed by atoms with van der Waals surface area (Å²) in [4.78, 5) is 23.8. The molecule has 4 rings (SSSR count). The molecule has 124 valence electrons. The summed E-state index contributed by atoms with van der Waals surface area (Å²) in [7, 11) is 0. The van der Waals surface area contributed by atoms with Gasteiger partial charge in [0.1, 0.15) is 0 Å². The summed E-state index contributed by atoms with van der Waals surface area (Å²) in [5.41, 5.74) is 1.59. The van der Waals surface area contributed by atoms with Crippen molar-refractivity contribution >= 4 is 32.6 Å². The molecule has 24 heavy (non-hydrogen) atoms. The van der Waals surface area contributed by atoms with E-state index in [-0.39, 0.29) is 5.91 Å². The first-order valence-electron chi connectivity index (χ1n) is 7.91. The molecule has 1 aliphatic heterocycles. The van der Waals surface area contributed by atoms with Gasteiger partial charge in [-0.15, -0.1) is 0 Å². The van der Waals surface area contributed by atoms with E-state index in [1.165, 1.54) is 0 Å². The van der Waals surface area contributed by atoms with Gasteiger partial charge in [0.15, 0.2) is 5.13 Å². The van der Waals surface area contributed by atoms with Crippen molar-refractivity contribution in [2.45, 2.75) is 6.10 Å². The maximum absolute atomic E-state index is 12.5. The number of carbonyl (C=O) groups is 1. The predicted octanol–water partition coefficient (Wildman–Crippen LogP) is 1.95. The third-order valence-corrected chi connectivity index (χ3v) is 5.28. The Bertz CT molecular complexity index is 812. The van der Waals surface area contributed by atoms with Crippen molar-refractivity contribution in [3.8, 4) is 0 Å². The average Bonchev–Trinajstić information content (AvgIpc) is 3.22. The van der Waals surface area contributed by atoms with Crippen molar-refractivity contribution in [1.29, 1.82) is 0 Å². The number of H-pyrrole nitrogens is 1. The Morgan fingerprint density at radius 3 is 2.92 bits per heavy atom. The predicted molar refractivity (Wildman–Crippen MR) is 94.5 cm³/mol. The Morgan fingerprint density at radius 1 is 1.25 bits per heavy atom. The third kappa shape index (κ3) is 2.88. The molecule has 1 fully saturated rings. The molecular weight excluding hydrogens is 324 g/mol. The lowest BCUT2D eigenvalue weighted by atomic mass is 10.2. The number of hydrogen-bond donors (Lipinski definition) is 2. The molecule has 6 nitrogen and oxygen atoms in total. The summed E-state index contributed by atoms with van der Waals surface area (Å²) in [6, 6.07) is 9.77. The highest BCUT2D eigenvalue weighted by Gasteiger charge is 2.26. The molecule has 7 heteroatoms. The second-order valence-electron chi connectivity index (χ2n) is 5.91. The number of benzene rings is 1. The highest BCUT2D eigenvalue weighted by molar-refractivity contribution is 7.22. The highest BCUT2D eigenvalue weighted by atomic mass is 32.1. The van der Waals surface area contributed by atoms with Crippen molar-refractivity contribution in [2.75, 3.05) is 31.1 Å². The summed E-state index contributed by atoms with van der Waals surface area (Å²) in [5, 5.41) is 11.2. The average molecular weight is 342 g/mol. The van der Waals surface area contributed by atoms with E-state index in [2.05, 4.69) is 14.9 Å². The molecule has 1 amide bonds. The van der Waals surface area contributed by atoms with Crippen LogP contribution in [0.1, 0.15) is 10.4 Å². The summed E-state index contributed by atoms with van der Waals surface area (Å²) in [6.45, 7) is 2.05. The molecular formula is C17H18N4O2S. The number of amides is 1. The van der Waals surface area contributed by atoms with E-state index >= 15 is 0 Å². The number of para-hydroxylation sites is 1. The summed E-state index contributed by atoms with van der Waals surface area (Å²) in [6.07, 6.45) is 2.82. The number of hydrogen-bond acceptors (Lipinski definition) is 5. The van der Waals surface area contributed by atoms with Gasteiger partial charge in [0.25, 0.3) is 5.91 Å². The molecule has 1 unspecified atom stereocenters. The normalized spacial score (nSPS) is 18.8. The van der Waals surface area contributed by atoms with Crippen LogP contribution in [0, 0.1) is 0 Å². The molecule has 0 spiro atoms. The van der Waals surface area contributed by atoms with Gasteiger partial charge in [0.2, 0.25) is 0 Å². The molecule has 1 saturated heterocycles. The van der Waals surface area contributed by atoms with Crippen molar-refractivity contribution in [3.63, 3.8) is 0 Å². The minimum Gasteiger partial charge on any atom is -0.389 e. The minimum atomic E-state index is -0.595. The number of fused-ring (bicyclic) bond motifs is 1. The Labute approximate surface area is 143 Å². The van der Waals surface area contributed by atoms with Crippen molar-refractivity contribution in [2.24, 2.45) is 0 Å². The molecule has 1 aromatic carbocycles. The van der Waals surface area contributed by atoms with Crippen LogP contribution in [0.3, 0.4) is 0 Å². The number of aromatic nitrogens is 2. The van der Waals surface area contributed by atoms with Crippen LogP contribution in [-0.2, 0) is 0 Å². The van der Waals surface area contributed by atoms with Crippen LogP contribution in [0.5, 0.6) is 0 Å². The van der Waals surface area contributed by atoms with Gasteiger partial charge in [-0.05, 0) is 18.2 Å². The van der Waals surface area contributed by atoms with Crippen LogP contribution in [0.4, 0.5) is 5.13 Å². The van der Waals surface area contributed by atoms with Gasteiger partial charge in [-0.1, -0.05) is 23.5 Å². The van der Waals surface area contributed by atoms with Crippen LogP contribution in [0.2, 0.25) is 0 Å². The van der Waals surface area contributed by atoms with Gasteiger partial charge < -0.3 is 19.9 Å². The Hall–Kier alpha value is -2.38. The van der Waals surface area contributed by atoms with Crippen LogP contribution < -0.4 is 4.90 Å². The van der Waals surface area contributed by atoms with Gasteiger partial charge in [-0.25, -0.2) is 4.98 Å². The van der Waals surface area contributed by atoms with E-state index in [0.29, 0.717) is 31.7 Å². The maximum Gasteiger partial charge on any atom is 0.255 e. The Morgan fingerprint density at radius 2 is 2.12 bits per heavy atom. The van der Waals surface area contributed by atoms with Gasteiger partial charge in [-0.3, -0.25) is 4.79 Å². The summed E-state index contributed by atoms with van der Waals surface area (Å²) >= 11 is 1.62. The lowest BCUT2D eigenvalue weighted by Gasteiger charge is -2.21. The van der Waals surface area contributed by atoms with Gasteiger partial charge in [0.05, 0.1) is 21.9 Å². The summed E-state index contributed by atoms with van der Waals surface area (Å²) < 4.78 is 1.13. The number of rotatable bonds is 2. The fourth-order valence-corrected chi connectivity index (χ4v) is 3.98. The fourth-order valence-electron chi connectivity index (χ4n) is 2.98. The minimum absolute atomic E-state index is 0.0542. The van der Waals surface area contributed by atoms with Crippen LogP contribution in [0.15, 0.2) is 42.7 Å². The fraction of sp³-hybridized carbons (Fsp3) is 0.294. The molecule has 0 saturated carbocycles. The van der Waals surface area contributed by atoms with Crippen LogP contribution >= 0.6 is 11.3 Å². The van der Waals surface area contributed by atoms with E-state index in [9.17, 15) is 9.90 Å². The standard InChI is InChI=1S/C17H18N4O2S/c22-13-10-20(16(23)12-5-6-18-9-12)7-8-21(11-13)17-19-14-3-1-2-4-15(14)24-17/h1-6,9,13,18,22H,7-8,10-11H2. The first kappa shape index (κ1) is 15.2. The van der Waals surface area contributed by atoms with Gasteiger partial charge >= 0.3 is 0 Å². The monoisotopic (exact) mass is 342 g/mol. The van der Waals surface area contributed by atoms with Crippen molar-refractivity contribution < 1.29 is 9.90 Å². The van der Waals surface area contributed by atoms with Crippen LogP contribution in [-0.4, -0.2) is 58.2 Å². The van der Waals surface area contributed by atoms with E-state index < -0.39 is 6.10 Å². The smallest absolute Gasteiger partial charge is 0.255 e. The molecule has 2 N–H and O–H groups in total. The molecule has 0 bridgehead atoms. The van der Waals surface area contributed by atoms with Gasteiger partial charge in [0, 0.05) is 38.6 Å². The Balaban J connectivity index is 1.54. The number of aliphatic hydroxyl groups excluding tert-OH is 1. The van der Waals surface area contributed by atoms with E-state index in [1.807, 2.05) is 24.3 Å². The second-order valence-corrected chi connectivity index (χ2v) is 6.92. The first-order chi connectivity index (χ1) is 11.7. The number of aromatic amines is 1. The quantitative estimate of drug-likeness (QED) is 0.747. The zero-order valence-electron chi connectivity index (χ0n) is 13.1. The molecule has 1 atom stereocenters. The maximum atomic E-state index is 12.5.